The number of amides is 1. The highest BCUT2D eigenvalue weighted by Crippen LogP contribution is 2.28. The molecule has 1 heterocycles. The van der Waals surface area contributed by atoms with Crippen LogP contribution in [0.1, 0.15) is 37.6 Å². The van der Waals surface area contributed by atoms with E-state index in [-0.39, 0.29) is 36.3 Å². The molecule has 13 nitrogen and oxygen atoms in total. The van der Waals surface area contributed by atoms with Crippen LogP contribution >= 0.6 is 0 Å². The number of nitrogens with zero attached hydrogens (tertiary/aromatic N) is 3. The van der Waals surface area contributed by atoms with Crippen molar-refractivity contribution in [2.75, 3.05) is 20.8 Å². The molecule has 0 radical (unpaired) electrons. The lowest BCUT2D eigenvalue weighted by Gasteiger charge is -2.11. The number of ether oxygens (including phenoxy) is 2. The molecule has 0 spiro atoms. The first kappa shape index (κ1) is 24.8. The Morgan fingerprint density at radius 1 is 0.943 bits per heavy atom. The van der Waals surface area contributed by atoms with Gasteiger partial charge in [0, 0.05) is 36.1 Å². The average molecular weight is 484 g/mol. The Balaban J connectivity index is 1.82. The van der Waals surface area contributed by atoms with E-state index in [4.69, 9.17) is 9.47 Å². The molecule has 3 rings (SSSR count). The van der Waals surface area contributed by atoms with Crippen molar-refractivity contribution >= 4 is 40.1 Å². The van der Waals surface area contributed by atoms with E-state index < -0.39 is 39.1 Å². The molecular weight excluding hydrogens is 464 g/mol. The molecule has 0 saturated heterocycles. The summed E-state index contributed by atoms with van der Waals surface area (Å²) in [5, 5.41) is 25.1. The number of esters is 2. The lowest BCUT2D eigenvalue weighted by Crippen LogP contribution is -2.26. The van der Waals surface area contributed by atoms with Gasteiger partial charge in [-0.1, -0.05) is 18.2 Å². The minimum atomic E-state index is -0.825. The molecule has 0 aliphatic rings. The Labute approximate surface area is 197 Å². The molecule has 0 aliphatic heterocycles. The number of carbonyl (C=O) groups excluding carboxylic acids is 3. The molecule has 1 amide bonds. The summed E-state index contributed by atoms with van der Waals surface area (Å²) in [5.41, 5.74) is -0.763. The van der Waals surface area contributed by atoms with Gasteiger partial charge in [-0.05, 0) is 12.5 Å². The highest BCUT2D eigenvalue weighted by Gasteiger charge is 2.28. The van der Waals surface area contributed by atoms with Crippen molar-refractivity contribution in [2.45, 2.75) is 13.0 Å². The first-order chi connectivity index (χ1) is 16.7. The Hall–Kier alpha value is -4.81. The van der Waals surface area contributed by atoms with Crippen LogP contribution in [0.25, 0.3) is 10.9 Å². The highest BCUT2D eigenvalue weighted by atomic mass is 16.6. The summed E-state index contributed by atoms with van der Waals surface area (Å²) in [6, 6.07) is 9.48. The summed E-state index contributed by atoms with van der Waals surface area (Å²) in [6.45, 7) is 0.257. The van der Waals surface area contributed by atoms with Gasteiger partial charge in [-0.3, -0.25) is 25.0 Å². The first-order valence-corrected chi connectivity index (χ1v) is 10.2. The van der Waals surface area contributed by atoms with Crippen LogP contribution in [0.3, 0.4) is 0 Å². The molecule has 1 N–H and O–H groups in total. The topological polar surface area (TPSA) is 173 Å². The molecule has 13 heteroatoms. The molecule has 1 aromatic heterocycles. The fourth-order valence-corrected chi connectivity index (χ4v) is 3.63. The van der Waals surface area contributed by atoms with E-state index in [0.29, 0.717) is 10.9 Å². The number of fused-ring (bicyclic) bond motifs is 1. The number of nitro benzene ring substituents is 2. The molecule has 0 saturated carbocycles. The summed E-state index contributed by atoms with van der Waals surface area (Å²) in [7, 11) is 2.38. The number of hydrogen-bond acceptors (Lipinski definition) is 9. The number of nitro groups is 2. The summed E-state index contributed by atoms with van der Waals surface area (Å²) in [6.07, 6.45) is 0.284. The summed E-state index contributed by atoms with van der Waals surface area (Å²) in [5.74, 6) is -2.19. The monoisotopic (exact) mass is 484 g/mol. The van der Waals surface area contributed by atoms with E-state index in [1.165, 1.54) is 14.2 Å². The van der Waals surface area contributed by atoms with Crippen molar-refractivity contribution < 1.29 is 33.7 Å². The fraction of sp³-hybridized carbons (Fsp3) is 0.227. The van der Waals surface area contributed by atoms with Crippen molar-refractivity contribution in [1.29, 1.82) is 0 Å². The normalized spacial score (nSPS) is 10.6. The minimum Gasteiger partial charge on any atom is -0.465 e. The van der Waals surface area contributed by atoms with Crippen LogP contribution in [0.2, 0.25) is 0 Å². The Bertz CT molecular complexity index is 1310. The zero-order valence-electron chi connectivity index (χ0n) is 18.7. The van der Waals surface area contributed by atoms with E-state index in [9.17, 15) is 34.6 Å². The van der Waals surface area contributed by atoms with Crippen LogP contribution in [0.5, 0.6) is 0 Å². The number of aryl methyl sites for hydroxylation is 1. The standard InChI is InChI=1S/C22H20N4O9/c1-34-21(28)18-16-6-3-4-7-17(16)24(19(18)22(29)35-2)9-5-8-23-20(27)13-10-14(25(30)31)12-15(11-13)26(32)33/h3-4,6-7,10-12H,5,8-9H2,1-2H3,(H,23,27). The highest BCUT2D eigenvalue weighted by molar-refractivity contribution is 6.13. The number of aromatic nitrogens is 1. The molecule has 0 fully saturated rings. The fourth-order valence-electron chi connectivity index (χ4n) is 3.63. The third-order valence-corrected chi connectivity index (χ3v) is 5.17. The smallest absolute Gasteiger partial charge is 0.355 e. The molecule has 2 aromatic carbocycles. The van der Waals surface area contributed by atoms with Crippen LogP contribution < -0.4 is 5.32 Å². The maximum Gasteiger partial charge on any atom is 0.355 e. The Morgan fingerprint density at radius 2 is 1.54 bits per heavy atom. The third-order valence-electron chi connectivity index (χ3n) is 5.17. The molecular formula is C22H20N4O9. The van der Waals surface area contributed by atoms with E-state index in [1.807, 2.05) is 0 Å². The second-order valence-corrected chi connectivity index (χ2v) is 7.24. The molecule has 0 unspecified atom stereocenters. The van der Waals surface area contributed by atoms with E-state index >= 15 is 0 Å². The number of benzene rings is 2. The van der Waals surface area contributed by atoms with Crippen LogP contribution in [-0.2, 0) is 16.0 Å². The predicted molar refractivity (Wildman–Crippen MR) is 121 cm³/mol. The van der Waals surface area contributed by atoms with Crippen molar-refractivity contribution in [3.63, 3.8) is 0 Å². The van der Waals surface area contributed by atoms with Crippen molar-refractivity contribution in [1.82, 2.24) is 9.88 Å². The lowest BCUT2D eigenvalue weighted by molar-refractivity contribution is -0.394. The van der Waals surface area contributed by atoms with Gasteiger partial charge >= 0.3 is 11.9 Å². The second-order valence-electron chi connectivity index (χ2n) is 7.24. The minimum absolute atomic E-state index is 0.00110. The number of methoxy groups -OCH3 is 2. The van der Waals surface area contributed by atoms with E-state index in [0.717, 1.165) is 18.2 Å². The van der Waals surface area contributed by atoms with Crippen LogP contribution in [0.4, 0.5) is 11.4 Å². The Kier molecular flexibility index (Phi) is 7.39. The molecule has 182 valence electrons. The molecule has 35 heavy (non-hydrogen) atoms. The van der Waals surface area contributed by atoms with E-state index in [1.54, 1.807) is 28.8 Å². The van der Waals surface area contributed by atoms with Gasteiger partial charge in [0.1, 0.15) is 11.3 Å². The van der Waals surface area contributed by atoms with Gasteiger partial charge in [-0.25, -0.2) is 9.59 Å². The van der Waals surface area contributed by atoms with Crippen LogP contribution in [0.15, 0.2) is 42.5 Å². The number of carbonyl (C=O) groups is 3. The zero-order chi connectivity index (χ0) is 25.7. The van der Waals surface area contributed by atoms with Gasteiger partial charge in [-0.2, -0.15) is 0 Å². The van der Waals surface area contributed by atoms with Crippen LogP contribution in [-0.4, -0.2) is 53.0 Å². The van der Waals surface area contributed by atoms with Gasteiger partial charge in [0.2, 0.25) is 0 Å². The number of nitrogens with one attached hydrogen (secondary N) is 1. The van der Waals surface area contributed by atoms with E-state index in [2.05, 4.69) is 5.32 Å². The number of rotatable bonds is 9. The molecule has 0 atom stereocenters. The predicted octanol–water partition coefficient (Wildman–Crippen LogP) is 2.85. The lowest BCUT2D eigenvalue weighted by atomic mass is 10.1. The van der Waals surface area contributed by atoms with Gasteiger partial charge in [-0.15, -0.1) is 0 Å². The largest absolute Gasteiger partial charge is 0.465 e. The van der Waals surface area contributed by atoms with Crippen molar-refractivity contribution in [2.24, 2.45) is 0 Å². The summed E-state index contributed by atoms with van der Waals surface area (Å²) >= 11 is 0. The SMILES string of the molecule is COC(=O)c1c(C(=O)OC)n(CCCNC(=O)c2cc([N+](=O)[O-])cc([N+](=O)[O-])c2)c2ccccc12. The summed E-state index contributed by atoms with van der Waals surface area (Å²) < 4.78 is 11.3. The van der Waals surface area contributed by atoms with Gasteiger partial charge in [0.05, 0.1) is 35.7 Å². The van der Waals surface area contributed by atoms with Gasteiger partial charge < -0.3 is 19.4 Å². The van der Waals surface area contributed by atoms with Crippen molar-refractivity contribution in [3.05, 3.63) is 79.5 Å². The quantitative estimate of drug-likeness (QED) is 0.207. The average Bonchev–Trinajstić information content (AvgIpc) is 3.19. The molecule has 0 bridgehead atoms. The summed E-state index contributed by atoms with van der Waals surface area (Å²) in [4.78, 5) is 57.8. The Morgan fingerprint density at radius 3 is 2.11 bits per heavy atom. The molecule has 0 aliphatic carbocycles. The van der Waals surface area contributed by atoms with Crippen LogP contribution in [0, 0.1) is 20.2 Å². The van der Waals surface area contributed by atoms with Gasteiger partial charge in [0.15, 0.2) is 0 Å². The zero-order valence-corrected chi connectivity index (χ0v) is 18.7. The van der Waals surface area contributed by atoms with Gasteiger partial charge in [0.25, 0.3) is 17.3 Å². The first-order valence-electron chi connectivity index (χ1n) is 10.2. The maximum absolute atomic E-state index is 12.5. The molecule has 3 aromatic rings. The number of hydrogen-bond donors (Lipinski definition) is 1. The number of para-hydroxylation sites is 1. The van der Waals surface area contributed by atoms with Crippen molar-refractivity contribution in [3.8, 4) is 0 Å². The second kappa shape index (κ2) is 10.4. The maximum atomic E-state index is 12.5. The third kappa shape index (κ3) is 5.08. The number of non-ortho nitro benzene ring substituents is 2.